The molecule has 0 amide bonds. The first-order chi connectivity index (χ1) is 12.6. The van der Waals surface area contributed by atoms with Crippen LogP contribution in [-0.2, 0) is 0 Å². The van der Waals surface area contributed by atoms with E-state index < -0.39 is 18.5 Å². The van der Waals surface area contributed by atoms with Gasteiger partial charge in [0.15, 0.2) is 23.9 Å². The number of alkyl halides is 3. The van der Waals surface area contributed by atoms with E-state index in [0.29, 0.717) is 17.5 Å². The summed E-state index contributed by atoms with van der Waals surface area (Å²) in [6.07, 6.45) is -1.37. The molecule has 4 nitrogen and oxygen atoms in total. The SMILES string of the molecule is C[C@]12CC[C@@H]3c4cc(OCC(F)(F)F)c(O)cc4C(=O)C[C@H]3[C@@H]1CCC2O. The summed E-state index contributed by atoms with van der Waals surface area (Å²) >= 11 is 0. The van der Waals surface area contributed by atoms with Crippen LogP contribution in [0.25, 0.3) is 0 Å². The molecule has 0 aromatic heterocycles. The Labute approximate surface area is 155 Å². The predicted octanol–water partition coefficient (Wildman–Crippen LogP) is 4.19. The Morgan fingerprint density at radius 1 is 1.26 bits per heavy atom. The summed E-state index contributed by atoms with van der Waals surface area (Å²) in [6.45, 7) is 0.592. The zero-order valence-electron chi connectivity index (χ0n) is 15.1. The fourth-order valence-electron chi connectivity index (χ4n) is 5.66. The van der Waals surface area contributed by atoms with Crippen LogP contribution < -0.4 is 4.74 Å². The van der Waals surface area contributed by atoms with E-state index in [1.54, 1.807) is 0 Å². The topological polar surface area (TPSA) is 66.8 Å². The van der Waals surface area contributed by atoms with E-state index in [4.69, 9.17) is 4.74 Å². The number of ketones is 1. The number of aliphatic hydroxyl groups excluding tert-OH is 1. The molecule has 1 unspecified atom stereocenters. The van der Waals surface area contributed by atoms with E-state index >= 15 is 0 Å². The maximum Gasteiger partial charge on any atom is 0.422 e. The number of benzene rings is 1. The first kappa shape index (κ1) is 18.6. The number of aromatic hydroxyl groups is 1. The minimum atomic E-state index is -4.51. The van der Waals surface area contributed by atoms with Crippen LogP contribution in [0.1, 0.15) is 60.9 Å². The molecule has 27 heavy (non-hydrogen) atoms. The van der Waals surface area contributed by atoms with E-state index in [-0.39, 0.29) is 40.8 Å². The molecule has 0 radical (unpaired) electrons. The molecule has 0 bridgehead atoms. The molecular formula is C20H23F3O4. The zero-order chi connectivity index (χ0) is 19.6. The van der Waals surface area contributed by atoms with Crippen LogP contribution in [-0.4, -0.2) is 34.9 Å². The highest BCUT2D eigenvalue weighted by molar-refractivity contribution is 5.99. The van der Waals surface area contributed by atoms with Crippen molar-refractivity contribution < 1.29 is 32.9 Å². The number of hydrogen-bond donors (Lipinski definition) is 2. The fraction of sp³-hybridized carbons (Fsp3) is 0.650. The Bertz CT molecular complexity index is 775. The summed E-state index contributed by atoms with van der Waals surface area (Å²) in [6, 6.07) is 2.66. The molecule has 4 rings (SSSR count). The Morgan fingerprint density at radius 3 is 2.70 bits per heavy atom. The second kappa shape index (κ2) is 6.12. The van der Waals surface area contributed by atoms with Crippen LogP contribution in [0, 0.1) is 17.3 Å². The van der Waals surface area contributed by atoms with E-state index in [9.17, 15) is 28.2 Å². The van der Waals surface area contributed by atoms with Crippen molar-refractivity contribution in [2.75, 3.05) is 6.61 Å². The molecule has 3 aliphatic rings. The van der Waals surface area contributed by atoms with Gasteiger partial charge in [-0.3, -0.25) is 4.79 Å². The second-order valence-corrected chi connectivity index (χ2v) is 8.45. The average molecular weight is 384 g/mol. The summed E-state index contributed by atoms with van der Waals surface area (Å²) in [5.74, 6) is -0.455. The van der Waals surface area contributed by atoms with E-state index in [2.05, 4.69) is 6.92 Å². The molecule has 1 aromatic carbocycles. The molecule has 2 fully saturated rings. The number of hydrogen-bond acceptors (Lipinski definition) is 4. The van der Waals surface area contributed by atoms with Gasteiger partial charge in [-0.2, -0.15) is 13.2 Å². The van der Waals surface area contributed by atoms with Crippen molar-refractivity contribution in [1.29, 1.82) is 0 Å². The maximum absolute atomic E-state index is 12.7. The third kappa shape index (κ3) is 3.00. The number of carbonyl (C=O) groups excluding carboxylic acids is 1. The zero-order valence-corrected chi connectivity index (χ0v) is 15.1. The molecule has 0 heterocycles. The quantitative estimate of drug-likeness (QED) is 0.802. The van der Waals surface area contributed by atoms with Crippen LogP contribution in [0.4, 0.5) is 13.2 Å². The van der Waals surface area contributed by atoms with Crippen LogP contribution in [0.15, 0.2) is 12.1 Å². The van der Waals surface area contributed by atoms with Gasteiger partial charge in [0.25, 0.3) is 0 Å². The molecular weight excluding hydrogens is 361 g/mol. The maximum atomic E-state index is 12.7. The number of phenolic OH excluding ortho intramolecular Hbond substituents is 1. The standard InChI is InChI=1S/C20H23F3O4/c1-19-5-4-10-11-8-17(27-9-20(21,22)23)16(25)7-13(11)15(24)6-12(10)14(19)2-3-18(19)26/h7-8,10,12,14,18,25-26H,2-6,9H2,1H3/t10-,12-,14+,18?,19+/m1/s1. The van der Waals surface area contributed by atoms with E-state index in [0.717, 1.165) is 25.7 Å². The van der Waals surface area contributed by atoms with Gasteiger partial charge in [0.05, 0.1) is 6.10 Å². The van der Waals surface area contributed by atoms with Crippen molar-refractivity contribution in [3.8, 4) is 11.5 Å². The molecule has 2 saturated carbocycles. The largest absolute Gasteiger partial charge is 0.504 e. The highest BCUT2D eigenvalue weighted by Gasteiger charge is 2.55. The third-order valence-corrected chi connectivity index (χ3v) is 7.03. The van der Waals surface area contributed by atoms with Gasteiger partial charge in [0.2, 0.25) is 0 Å². The predicted molar refractivity (Wildman–Crippen MR) is 90.9 cm³/mol. The molecule has 3 aliphatic carbocycles. The van der Waals surface area contributed by atoms with E-state index in [1.165, 1.54) is 12.1 Å². The number of fused-ring (bicyclic) bond motifs is 5. The lowest BCUT2D eigenvalue weighted by Gasteiger charge is -2.49. The van der Waals surface area contributed by atoms with Gasteiger partial charge in [-0.15, -0.1) is 0 Å². The number of ether oxygens (including phenoxy) is 1. The highest BCUT2D eigenvalue weighted by Crippen LogP contribution is 2.61. The Balaban J connectivity index is 1.69. The van der Waals surface area contributed by atoms with Crippen LogP contribution >= 0.6 is 0 Å². The van der Waals surface area contributed by atoms with Gasteiger partial charge in [-0.1, -0.05) is 6.92 Å². The van der Waals surface area contributed by atoms with Crippen LogP contribution in [0.3, 0.4) is 0 Å². The molecule has 2 N–H and O–H groups in total. The highest BCUT2D eigenvalue weighted by atomic mass is 19.4. The number of aliphatic hydroxyl groups is 1. The van der Waals surface area contributed by atoms with Crippen molar-refractivity contribution >= 4 is 5.78 Å². The minimum absolute atomic E-state index is 0.0370. The first-order valence-corrected chi connectivity index (χ1v) is 9.38. The lowest BCUT2D eigenvalue weighted by Crippen LogP contribution is -2.44. The van der Waals surface area contributed by atoms with Crippen molar-refractivity contribution in [3.63, 3.8) is 0 Å². The fourth-order valence-corrected chi connectivity index (χ4v) is 5.66. The number of carbonyl (C=O) groups is 1. The van der Waals surface area contributed by atoms with Crippen molar-refractivity contribution in [2.24, 2.45) is 17.3 Å². The molecule has 1 aromatic rings. The second-order valence-electron chi connectivity index (χ2n) is 8.45. The number of Topliss-reactive ketones (excluding diaryl/α,β-unsaturated/α-hetero) is 1. The average Bonchev–Trinajstić information content (AvgIpc) is 2.88. The van der Waals surface area contributed by atoms with Gasteiger partial charge in [-0.05, 0) is 66.5 Å². The van der Waals surface area contributed by atoms with Gasteiger partial charge in [-0.25, -0.2) is 0 Å². The summed E-state index contributed by atoms with van der Waals surface area (Å²) in [4.78, 5) is 12.7. The molecule has 5 atom stereocenters. The molecule has 0 spiro atoms. The van der Waals surface area contributed by atoms with Crippen LogP contribution in [0.2, 0.25) is 0 Å². The first-order valence-electron chi connectivity index (χ1n) is 9.38. The molecule has 0 aliphatic heterocycles. The smallest absolute Gasteiger partial charge is 0.422 e. The molecule has 148 valence electrons. The van der Waals surface area contributed by atoms with Gasteiger partial charge < -0.3 is 14.9 Å². The number of rotatable bonds is 2. The monoisotopic (exact) mass is 384 g/mol. The van der Waals surface area contributed by atoms with E-state index in [1.807, 2.05) is 0 Å². The molecule has 0 saturated heterocycles. The normalized spacial score (nSPS) is 35.4. The van der Waals surface area contributed by atoms with Gasteiger partial charge in [0, 0.05) is 12.0 Å². The van der Waals surface area contributed by atoms with Gasteiger partial charge in [0.1, 0.15) is 0 Å². The number of phenols is 1. The Morgan fingerprint density at radius 2 is 2.00 bits per heavy atom. The van der Waals surface area contributed by atoms with Crippen LogP contribution in [0.5, 0.6) is 11.5 Å². The summed E-state index contributed by atoms with van der Waals surface area (Å²) < 4.78 is 42.2. The lowest BCUT2D eigenvalue weighted by molar-refractivity contribution is -0.153. The Kier molecular flexibility index (Phi) is 4.22. The summed E-state index contributed by atoms with van der Waals surface area (Å²) in [7, 11) is 0. The third-order valence-electron chi connectivity index (χ3n) is 7.03. The van der Waals surface area contributed by atoms with Crippen molar-refractivity contribution in [2.45, 2.75) is 57.2 Å². The van der Waals surface area contributed by atoms with Crippen molar-refractivity contribution in [3.05, 3.63) is 23.3 Å². The molecule has 7 heteroatoms. The minimum Gasteiger partial charge on any atom is -0.504 e. The van der Waals surface area contributed by atoms with Crippen molar-refractivity contribution in [1.82, 2.24) is 0 Å². The Hall–Kier alpha value is -1.76. The summed E-state index contributed by atoms with van der Waals surface area (Å²) in [5, 5.41) is 20.4. The lowest BCUT2D eigenvalue weighted by atomic mass is 9.55. The van der Waals surface area contributed by atoms with Gasteiger partial charge >= 0.3 is 6.18 Å². The summed E-state index contributed by atoms with van der Waals surface area (Å²) in [5.41, 5.74) is 0.857. The number of halogens is 3.